The van der Waals surface area contributed by atoms with E-state index < -0.39 is 107 Å². The number of aliphatic carboxylic acids is 3. The van der Waals surface area contributed by atoms with E-state index in [4.69, 9.17) is 18.9 Å². The Balaban J connectivity index is 0.00000273. The summed E-state index contributed by atoms with van der Waals surface area (Å²) in [7, 11) is 0. The van der Waals surface area contributed by atoms with Crippen molar-refractivity contribution in [1.82, 2.24) is 0 Å². The minimum absolute atomic E-state index is 0. The molecule has 16 nitrogen and oxygen atoms in total. The van der Waals surface area contributed by atoms with Gasteiger partial charge in [0.05, 0.1) is 18.0 Å². The fourth-order valence-corrected chi connectivity index (χ4v) is 13.3. The van der Waals surface area contributed by atoms with Crippen LogP contribution in [0.25, 0.3) is 0 Å². The maximum atomic E-state index is 14.8. The third-order valence-corrected chi connectivity index (χ3v) is 17.2. The van der Waals surface area contributed by atoms with Crippen molar-refractivity contribution in [2.75, 3.05) is 0 Å². The number of hydrogen-bond donors (Lipinski definition) is 5. The van der Waals surface area contributed by atoms with Gasteiger partial charge in [0.2, 0.25) is 0 Å². The van der Waals surface area contributed by atoms with Crippen molar-refractivity contribution < 1.29 is 168 Å². The topological polar surface area (TPSA) is 276 Å². The summed E-state index contributed by atoms with van der Waals surface area (Å²) in [5.74, 6) is -5.37. The van der Waals surface area contributed by atoms with Gasteiger partial charge in [-0.15, -0.1) is 0 Å². The second kappa shape index (κ2) is 18.5. The van der Waals surface area contributed by atoms with Crippen LogP contribution in [0.5, 0.6) is 0 Å². The summed E-state index contributed by atoms with van der Waals surface area (Å²) in [6.07, 6.45) is -13.4. The number of ketones is 1. The van der Waals surface area contributed by atoms with Gasteiger partial charge in [0, 0.05) is 17.3 Å². The van der Waals surface area contributed by atoms with Crippen LogP contribution in [-0.2, 0) is 38.1 Å². The summed E-state index contributed by atoms with van der Waals surface area (Å²) in [5.41, 5.74) is -2.11. The van der Waals surface area contributed by atoms with Crippen LogP contribution < -0.4 is 104 Å². The van der Waals surface area contributed by atoms with Crippen LogP contribution in [0.4, 0.5) is 0 Å². The zero-order valence-electron chi connectivity index (χ0n) is 37.3. The van der Waals surface area contributed by atoms with E-state index in [2.05, 4.69) is 27.7 Å². The first-order valence-electron chi connectivity index (χ1n) is 20.7. The van der Waals surface area contributed by atoms with Crippen LogP contribution in [0.15, 0.2) is 11.6 Å². The molecule has 6 fully saturated rings. The molecule has 0 radical (unpaired) electrons. The third-order valence-electron chi connectivity index (χ3n) is 17.2. The van der Waals surface area contributed by atoms with Crippen molar-refractivity contribution in [3.05, 3.63) is 11.6 Å². The van der Waals surface area contributed by atoms with Gasteiger partial charge < -0.3 is 74.2 Å². The zero-order valence-corrected chi connectivity index (χ0v) is 43.3. The Labute approximate surface area is 423 Å². The number of aliphatic hydroxyl groups is 5. The Morgan fingerprint density at radius 2 is 1.25 bits per heavy atom. The number of rotatable bonds is 7. The second-order valence-electron chi connectivity index (χ2n) is 20.6. The molecule has 7 rings (SSSR count). The number of carboxylic acids is 3. The Bertz CT molecular complexity index is 1750. The summed E-state index contributed by atoms with van der Waals surface area (Å²) in [5, 5.41) is 89.2. The molecule has 7 aliphatic rings. The number of carboxylic acid groups (broad SMARTS) is 3. The van der Waals surface area contributed by atoms with Crippen molar-refractivity contribution >= 4 is 23.7 Å². The summed E-state index contributed by atoms with van der Waals surface area (Å²) in [6.45, 7) is 14.6. The quantitative estimate of drug-likeness (QED) is 0.117. The van der Waals surface area contributed by atoms with E-state index in [0.29, 0.717) is 38.5 Å². The number of fused-ring (bicyclic) bond motifs is 7. The van der Waals surface area contributed by atoms with Gasteiger partial charge in [-0.2, -0.15) is 0 Å². The molecular weight excluding hydrogens is 829 g/mol. The number of carbonyl (C=O) groups is 4. The summed E-state index contributed by atoms with van der Waals surface area (Å²) < 4.78 is 23.1. The van der Waals surface area contributed by atoms with Gasteiger partial charge in [-0.05, 0) is 103 Å². The van der Waals surface area contributed by atoms with Crippen LogP contribution >= 0.6 is 0 Å². The molecule has 2 saturated heterocycles. The van der Waals surface area contributed by atoms with Gasteiger partial charge in [0.1, 0.15) is 48.8 Å². The van der Waals surface area contributed by atoms with Crippen LogP contribution in [0.2, 0.25) is 0 Å². The van der Waals surface area contributed by atoms with Crippen molar-refractivity contribution in [1.29, 1.82) is 0 Å². The molecule has 0 spiro atoms. The monoisotopic (exact) mass is 888 g/mol. The van der Waals surface area contributed by atoms with E-state index >= 15 is 0 Å². The number of aliphatic hydroxyl groups excluding tert-OH is 5. The molecular formula is C42H59Na3O16. The first kappa shape index (κ1) is 54.1. The summed E-state index contributed by atoms with van der Waals surface area (Å²) in [6, 6.07) is 0. The number of carbonyl (C=O) groups excluding carboxylic acids is 4. The molecule has 19 heteroatoms. The molecule has 19 atom stereocenters. The molecule has 0 unspecified atom stereocenters. The van der Waals surface area contributed by atoms with Gasteiger partial charge in [0.15, 0.2) is 18.4 Å². The normalized spacial score (nSPS) is 50.0. The maximum absolute atomic E-state index is 14.8. The first-order valence-corrected chi connectivity index (χ1v) is 20.7. The van der Waals surface area contributed by atoms with Gasteiger partial charge in [0.25, 0.3) is 0 Å². The third kappa shape index (κ3) is 8.44. The van der Waals surface area contributed by atoms with Crippen LogP contribution in [0.1, 0.15) is 106 Å². The SMILES string of the molecule is CC1(C)[C@@H](O[C@@H]2O[C@H](C(=O)[O-])[C@@H](O)[C@H](O)[C@H]2O[C@@H]2O[C@H](C(=O)[O-])[C@@H](O)[C@H](O)[C@H]2O)CC[C@]2(C)[C@H]3C(=O)C=C4[C@@H]5C[C@@](C)(C(=O)[O-])CC[C@]5(C)CC[C@@]4(C)[C@]3(C)CC[C@@H]12.[Na+].[Na+].[Na+]. The Morgan fingerprint density at radius 3 is 1.82 bits per heavy atom. The van der Waals surface area contributed by atoms with Crippen LogP contribution in [0.3, 0.4) is 0 Å². The fraction of sp³-hybridized carbons (Fsp3) is 0.857. The number of allylic oxidation sites excluding steroid dienone is 2. The standard InChI is InChI=1S/C42H62O16.3Na/c1-37(2)21-8-11-42(7)31(20(43)16-18-19-17-39(4,36(53)54)13-12-38(19,3)14-15-41(18,42)6)40(21,5)10-9-22(37)55-35-30(26(47)25(46)29(57-35)33(51)52)58-34-27(48)23(44)24(45)28(56-34)32(49)50;;;/h16,19,21-31,34-35,44-48H,8-15,17H2,1-7H3,(H,49,50)(H,51,52)(H,53,54);;;/q;3*+1/p-3/t19-,21-,22-,23-,24-,25-,26-,27+,28-,29-,30+,31+,34-,35+,38+,39-,40-,41+,42+;;;/m0.../s1. The van der Waals surface area contributed by atoms with Crippen molar-refractivity contribution in [2.45, 2.75) is 174 Å². The molecule has 0 amide bonds. The second-order valence-corrected chi connectivity index (χ2v) is 20.6. The van der Waals surface area contributed by atoms with Crippen molar-refractivity contribution in [2.24, 2.45) is 50.2 Å². The Morgan fingerprint density at radius 1 is 0.689 bits per heavy atom. The van der Waals surface area contributed by atoms with Crippen molar-refractivity contribution in [3.63, 3.8) is 0 Å². The van der Waals surface area contributed by atoms with Crippen LogP contribution in [0, 0.1) is 50.2 Å². The van der Waals surface area contributed by atoms with Gasteiger partial charge in [-0.25, -0.2) is 0 Å². The molecule has 2 aliphatic heterocycles. The molecule has 61 heavy (non-hydrogen) atoms. The molecule has 2 heterocycles. The molecule has 4 saturated carbocycles. The van der Waals surface area contributed by atoms with Gasteiger partial charge >= 0.3 is 88.7 Å². The minimum Gasteiger partial charge on any atom is -0.550 e. The summed E-state index contributed by atoms with van der Waals surface area (Å²) in [4.78, 5) is 50.9. The minimum atomic E-state index is -2.16. The van der Waals surface area contributed by atoms with E-state index in [1.807, 2.05) is 19.9 Å². The average Bonchev–Trinajstić information content (AvgIpc) is 3.13. The average molecular weight is 889 g/mol. The largest absolute Gasteiger partial charge is 1.00 e. The molecule has 0 bridgehead atoms. The molecule has 326 valence electrons. The molecule has 0 aromatic heterocycles. The molecule has 0 aromatic rings. The zero-order chi connectivity index (χ0) is 42.9. The van der Waals surface area contributed by atoms with E-state index in [0.717, 1.165) is 24.8 Å². The van der Waals surface area contributed by atoms with E-state index in [-0.39, 0.29) is 123 Å². The predicted octanol–water partition coefficient (Wildman–Crippen LogP) is -10.7. The van der Waals surface area contributed by atoms with Gasteiger partial charge in [-0.3, -0.25) is 4.79 Å². The molecule has 0 aromatic carbocycles. The number of ether oxygens (including phenoxy) is 4. The van der Waals surface area contributed by atoms with Crippen molar-refractivity contribution in [3.8, 4) is 0 Å². The summed E-state index contributed by atoms with van der Waals surface area (Å²) >= 11 is 0. The predicted molar refractivity (Wildman–Crippen MR) is 192 cm³/mol. The Kier molecular flexibility index (Phi) is 16.4. The van der Waals surface area contributed by atoms with E-state index in [1.54, 1.807) is 6.92 Å². The first-order chi connectivity index (χ1) is 26.8. The van der Waals surface area contributed by atoms with Crippen LogP contribution in [-0.4, -0.2) is 117 Å². The smallest absolute Gasteiger partial charge is 0.550 e. The maximum Gasteiger partial charge on any atom is 1.00 e. The van der Waals surface area contributed by atoms with E-state index in [1.165, 1.54) is 0 Å². The molecule has 5 N–H and O–H groups in total. The van der Waals surface area contributed by atoms with Gasteiger partial charge in [-0.1, -0.05) is 54.0 Å². The fourth-order valence-electron chi connectivity index (χ4n) is 13.3. The molecule has 5 aliphatic carbocycles. The Hall–Kier alpha value is 0.460. The number of hydrogen-bond acceptors (Lipinski definition) is 16. The van der Waals surface area contributed by atoms with E-state index in [9.17, 15) is 60.0 Å².